The van der Waals surface area contributed by atoms with Gasteiger partial charge in [0.15, 0.2) is 0 Å². The van der Waals surface area contributed by atoms with Crippen LogP contribution >= 0.6 is 0 Å². The third-order valence-electron chi connectivity index (χ3n) is 4.89. The summed E-state index contributed by atoms with van der Waals surface area (Å²) in [6, 6.07) is 0. The molecule has 0 aliphatic rings. The fourth-order valence-electron chi connectivity index (χ4n) is 2.92. The lowest BCUT2D eigenvalue weighted by atomic mass is 9.87. The average Bonchev–Trinajstić information content (AvgIpc) is 2.54. The van der Waals surface area contributed by atoms with E-state index in [0.717, 1.165) is 12.8 Å². The number of carboxylic acids is 1. The molecule has 0 heterocycles. The lowest BCUT2D eigenvalue weighted by Crippen LogP contribution is -2.23. The summed E-state index contributed by atoms with van der Waals surface area (Å²) in [5, 5.41) is 9.06. The van der Waals surface area contributed by atoms with Crippen LogP contribution in [0.25, 0.3) is 0 Å². The highest BCUT2D eigenvalue weighted by molar-refractivity contribution is 5.73. The van der Waals surface area contributed by atoms with Gasteiger partial charge in [0.1, 0.15) is 0 Å². The lowest BCUT2D eigenvalue weighted by molar-refractivity contribution is -0.147. The van der Waals surface area contributed by atoms with Gasteiger partial charge in [0.05, 0.1) is 5.41 Å². The van der Waals surface area contributed by atoms with Crippen LogP contribution in [0.5, 0.6) is 0 Å². The first-order valence-electron chi connectivity index (χ1n) is 10.4. The molecular weight excluding hydrogens is 296 g/mol. The van der Waals surface area contributed by atoms with Crippen LogP contribution in [-0.4, -0.2) is 11.1 Å². The fraction of sp³-hybridized carbons (Fsp3) is 0.864. The van der Waals surface area contributed by atoms with Crippen molar-refractivity contribution in [2.75, 3.05) is 0 Å². The maximum atomic E-state index is 11.0. The van der Waals surface area contributed by atoms with Gasteiger partial charge in [-0.05, 0) is 46.0 Å². The Morgan fingerprint density at radius 2 is 1.17 bits per heavy atom. The van der Waals surface area contributed by atoms with Crippen molar-refractivity contribution in [3.05, 3.63) is 12.2 Å². The molecule has 0 aliphatic heterocycles. The first-order valence-corrected chi connectivity index (χ1v) is 10.4. The molecule has 142 valence electrons. The van der Waals surface area contributed by atoms with Gasteiger partial charge in [0.25, 0.3) is 0 Å². The number of allylic oxidation sites excluding steroid dienone is 2. The van der Waals surface area contributed by atoms with Crippen molar-refractivity contribution in [1.29, 1.82) is 0 Å². The van der Waals surface area contributed by atoms with E-state index in [0.29, 0.717) is 0 Å². The SMILES string of the molecule is CCCCCCCC/C=C/CCCCCCCCC(C)(C)C(=O)O. The number of aliphatic carboxylic acids is 1. The molecule has 0 radical (unpaired) electrons. The highest BCUT2D eigenvalue weighted by Gasteiger charge is 2.25. The minimum absolute atomic E-state index is 0.555. The van der Waals surface area contributed by atoms with Gasteiger partial charge in [0.2, 0.25) is 0 Å². The lowest BCUT2D eigenvalue weighted by Gasteiger charge is -2.18. The molecule has 1 N–H and O–H groups in total. The molecule has 2 nitrogen and oxygen atoms in total. The zero-order valence-corrected chi connectivity index (χ0v) is 16.6. The smallest absolute Gasteiger partial charge is 0.309 e. The van der Waals surface area contributed by atoms with Gasteiger partial charge in [-0.25, -0.2) is 0 Å². The Balaban J connectivity index is 3.25. The Hall–Kier alpha value is -0.790. The van der Waals surface area contributed by atoms with Crippen molar-refractivity contribution in [2.45, 2.75) is 117 Å². The molecule has 0 aromatic carbocycles. The molecule has 0 unspecified atom stereocenters. The summed E-state index contributed by atoms with van der Waals surface area (Å²) in [6.07, 6.45) is 23.7. The molecule has 0 saturated carbocycles. The minimum atomic E-state index is -0.671. The molecule has 24 heavy (non-hydrogen) atoms. The molecular formula is C22H42O2. The molecule has 0 amide bonds. The van der Waals surface area contributed by atoms with Gasteiger partial charge in [-0.15, -0.1) is 0 Å². The summed E-state index contributed by atoms with van der Waals surface area (Å²) in [5.41, 5.74) is -0.555. The maximum Gasteiger partial charge on any atom is 0.309 e. The summed E-state index contributed by atoms with van der Waals surface area (Å²) in [5.74, 6) is -0.671. The minimum Gasteiger partial charge on any atom is -0.481 e. The molecule has 0 rings (SSSR count). The Bertz CT molecular complexity index is 318. The maximum absolute atomic E-state index is 11.0. The number of hydrogen-bond donors (Lipinski definition) is 1. The molecule has 0 saturated heterocycles. The van der Waals surface area contributed by atoms with Gasteiger partial charge in [-0.2, -0.15) is 0 Å². The van der Waals surface area contributed by atoms with Crippen LogP contribution in [0, 0.1) is 5.41 Å². The third kappa shape index (κ3) is 14.8. The largest absolute Gasteiger partial charge is 0.481 e. The van der Waals surface area contributed by atoms with E-state index in [9.17, 15) is 4.79 Å². The Morgan fingerprint density at radius 1 is 0.750 bits per heavy atom. The summed E-state index contributed by atoms with van der Waals surface area (Å²) in [6.45, 7) is 5.92. The van der Waals surface area contributed by atoms with Crippen molar-refractivity contribution >= 4 is 5.97 Å². The van der Waals surface area contributed by atoms with Crippen LogP contribution in [0.2, 0.25) is 0 Å². The number of unbranched alkanes of at least 4 members (excludes halogenated alkanes) is 12. The molecule has 0 aromatic heterocycles. The van der Waals surface area contributed by atoms with E-state index in [-0.39, 0.29) is 0 Å². The number of hydrogen-bond acceptors (Lipinski definition) is 1. The van der Waals surface area contributed by atoms with E-state index in [2.05, 4.69) is 19.1 Å². The predicted octanol–water partition coefficient (Wildman–Crippen LogP) is 7.52. The van der Waals surface area contributed by atoms with Gasteiger partial charge >= 0.3 is 5.97 Å². The van der Waals surface area contributed by atoms with Crippen LogP contribution in [0.3, 0.4) is 0 Å². The van der Waals surface area contributed by atoms with Gasteiger partial charge < -0.3 is 5.11 Å². The zero-order valence-electron chi connectivity index (χ0n) is 16.6. The van der Waals surface area contributed by atoms with E-state index >= 15 is 0 Å². The van der Waals surface area contributed by atoms with Crippen molar-refractivity contribution in [2.24, 2.45) is 5.41 Å². The van der Waals surface area contributed by atoms with Gasteiger partial charge in [-0.3, -0.25) is 4.79 Å². The van der Waals surface area contributed by atoms with Crippen molar-refractivity contribution in [3.63, 3.8) is 0 Å². The quantitative estimate of drug-likeness (QED) is 0.220. The second kappa shape index (κ2) is 15.7. The molecule has 0 atom stereocenters. The summed E-state index contributed by atoms with van der Waals surface area (Å²) in [7, 11) is 0. The van der Waals surface area contributed by atoms with Crippen molar-refractivity contribution < 1.29 is 9.90 Å². The average molecular weight is 339 g/mol. The second-order valence-electron chi connectivity index (χ2n) is 7.88. The highest BCUT2D eigenvalue weighted by Crippen LogP contribution is 2.24. The van der Waals surface area contributed by atoms with Crippen LogP contribution < -0.4 is 0 Å². The topological polar surface area (TPSA) is 37.3 Å². The Labute approximate surface area is 151 Å². The highest BCUT2D eigenvalue weighted by atomic mass is 16.4. The fourth-order valence-corrected chi connectivity index (χ4v) is 2.92. The standard InChI is InChI=1S/C22H42O2/c1-4-5-6-7-8-9-10-11-12-13-14-15-16-17-18-19-20-22(2,3)21(23)24/h11-12H,4-10,13-20H2,1-3H3,(H,23,24)/b12-11+. The van der Waals surface area contributed by atoms with E-state index in [1.54, 1.807) is 0 Å². The molecule has 0 fully saturated rings. The van der Waals surface area contributed by atoms with Crippen LogP contribution in [-0.2, 0) is 4.79 Å². The summed E-state index contributed by atoms with van der Waals surface area (Å²) < 4.78 is 0. The molecule has 2 heteroatoms. The predicted molar refractivity (Wildman–Crippen MR) is 105 cm³/mol. The monoisotopic (exact) mass is 338 g/mol. The van der Waals surface area contributed by atoms with Crippen LogP contribution in [0.1, 0.15) is 117 Å². The van der Waals surface area contributed by atoms with Crippen LogP contribution in [0.4, 0.5) is 0 Å². The summed E-state index contributed by atoms with van der Waals surface area (Å²) >= 11 is 0. The molecule has 0 bridgehead atoms. The Morgan fingerprint density at radius 3 is 1.62 bits per heavy atom. The van der Waals surface area contributed by atoms with Crippen molar-refractivity contribution in [3.8, 4) is 0 Å². The number of rotatable bonds is 17. The van der Waals surface area contributed by atoms with E-state index < -0.39 is 11.4 Å². The van der Waals surface area contributed by atoms with E-state index in [4.69, 9.17) is 5.11 Å². The normalized spacial score (nSPS) is 12.1. The van der Waals surface area contributed by atoms with Crippen LogP contribution in [0.15, 0.2) is 12.2 Å². The summed E-state index contributed by atoms with van der Waals surface area (Å²) in [4.78, 5) is 11.0. The molecule has 0 spiro atoms. The first-order chi connectivity index (χ1) is 11.5. The second-order valence-corrected chi connectivity index (χ2v) is 7.88. The van der Waals surface area contributed by atoms with E-state index in [1.165, 1.54) is 83.5 Å². The van der Waals surface area contributed by atoms with Gasteiger partial charge in [0, 0.05) is 0 Å². The molecule has 0 aromatic rings. The molecule has 0 aliphatic carbocycles. The number of carbonyl (C=O) groups is 1. The first kappa shape index (κ1) is 23.2. The Kier molecular flexibility index (Phi) is 15.2. The van der Waals surface area contributed by atoms with E-state index in [1.807, 2.05) is 13.8 Å². The van der Waals surface area contributed by atoms with Gasteiger partial charge in [-0.1, -0.05) is 83.3 Å². The third-order valence-corrected chi connectivity index (χ3v) is 4.89. The van der Waals surface area contributed by atoms with Crippen molar-refractivity contribution in [1.82, 2.24) is 0 Å². The zero-order chi connectivity index (χ0) is 18.1. The number of carboxylic acid groups (broad SMARTS) is 1.